The van der Waals surface area contributed by atoms with Crippen LogP contribution < -0.4 is 4.18 Å². The van der Waals surface area contributed by atoms with Gasteiger partial charge in [-0.15, -0.1) is 0 Å². The highest BCUT2D eigenvalue weighted by Gasteiger charge is 2.48. The van der Waals surface area contributed by atoms with Crippen molar-refractivity contribution < 1.29 is 25.8 Å². The van der Waals surface area contributed by atoms with Crippen LogP contribution in [0.1, 0.15) is 11.1 Å². The largest absolute Gasteiger partial charge is 0.534 e. The second-order valence-corrected chi connectivity index (χ2v) is 5.65. The lowest BCUT2D eigenvalue weighted by Gasteiger charge is -2.16. The molecule has 0 atom stereocenters. The zero-order chi connectivity index (χ0) is 14.3. The third-order valence-corrected chi connectivity index (χ3v) is 3.77. The van der Waals surface area contributed by atoms with Gasteiger partial charge in [0.1, 0.15) is 0 Å². The summed E-state index contributed by atoms with van der Waals surface area (Å²) in [6.07, 6.45) is 1.67. The van der Waals surface area contributed by atoms with Crippen LogP contribution in [-0.2, 0) is 16.5 Å². The highest BCUT2D eigenvalue weighted by atomic mass is 35.5. The highest BCUT2D eigenvalue weighted by Crippen LogP contribution is 2.33. The fraction of sp³-hybridized carbons (Fsp3) is 0.300. The van der Waals surface area contributed by atoms with Crippen LogP contribution >= 0.6 is 11.6 Å². The standard InChI is InChI=1S/C10H7ClF3NO3S/c11-8-1-2-9(7-5-15-4-3-6(7)8)18-19(16,17)10(12,13)14/h1-2,5H,3-4H2. The maximum Gasteiger partial charge on any atom is 0.534 e. The molecule has 104 valence electrons. The molecule has 1 aliphatic heterocycles. The predicted molar refractivity (Wildman–Crippen MR) is 63.2 cm³/mol. The van der Waals surface area contributed by atoms with Crippen LogP contribution in [0.5, 0.6) is 5.75 Å². The topological polar surface area (TPSA) is 55.7 Å². The number of rotatable bonds is 2. The van der Waals surface area contributed by atoms with E-state index in [1.165, 1.54) is 12.3 Å². The molecule has 0 spiro atoms. The Morgan fingerprint density at radius 2 is 2.00 bits per heavy atom. The Bertz CT molecular complexity index is 640. The monoisotopic (exact) mass is 313 g/mol. The summed E-state index contributed by atoms with van der Waals surface area (Å²) < 4.78 is 62.8. The van der Waals surface area contributed by atoms with Gasteiger partial charge in [0.25, 0.3) is 0 Å². The summed E-state index contributed by atoms with van der Waals surface area (Å²) in [5, 5.41) is 0.331. The Kier molecular flexibility index (Phi) is 3.48. The molecule has 0 saturated carbocycles. The van der Waals surface area contributed by atoms with E-state index in [0.717, 1.165) is 6.07 Å². The number of alkyl halides is 3. The smallest absolute Gasteiger partial charge is 0.375 e. The zero-order valence-electron chi connectivity index (χ0n) is 9.24. The fourth-order valence-electron chi connectivity index (χ4n) is 1.58. The molecule has 4 nitrogen and oxygen atoms in total. The van der Waals surface area contributed by atoms with Crippen LogP contribution in [-0.4, -0.2) is 26.7 Å². The van der Waals surface area contributed by atoms with E-state index in [9.17, 15) is 21.6 Å². The Morgan fingerprint density at radius 1 is 1.32 bits per heavy atom. The first-order chi connectivity index (χ1) is 8.72. The Labute approximate surface area is 112 Å². The van der Waals surface area contributed by atoms with Gasteiger partial charge in [0, 0.05) is 23.3 Å². The number of aliphatic imine (C=N–C) groups is 1. The van der Waals surface area contributed by atoms with Gasteiger partial charge in [-0.1, -0.05) is 11.6 Å². The van der Waals surface area contributed by atoms with Crippen molar-refractivity contribution in [3.05, 3.63) is 28.3 Å². The lowest BCUT2D eigenvalue weighted by molar-refractivity contribution is -0.0500. The first-order valence-corrected chi connectivity index (χ1v) is 6.83. The van der Waals surface area contributed by atoms with Gasteiger partial charge in [0.2, 0.25) is 0 Å². The Balaban J connectivity index is 2.47. The Morgan fingerprint density at radius 3 is 2.63 bits per heavy atom. The molecule has 0 unspecified atom stereocenters. The van der Waals surface area contributed by atoms with E-state index < -0.39 is 21.4 Å². The van der Waals surface area contributed by atoms with E-state index >= 15 is 0 Å². The summed E-state index contributed by atoms with van der Waals surface area (Å²) in [4.78, 5) is 3.87. The number of nitrogens with zero attached hydrogens (tertiary/aromatic N) is 1. The molecule has 0 amide bonds. The van der Waals surface area contributed by atoms with Crippen molar-refractivity contribution in [1.82, 2.24) is 0 Å². The van der Waals surface area contributed by atoms with Gasteiger partial charge in [-0.05, 0) is 24.1 Å². The van der Waals surface area contributed by atoms with E-state index in [-0.39, 0.29) is 5.56 Å². The van der Waals surface area contributed by atoms with Crippen molar-refractivity contribution in [2.75, 3.05) is 6.54 Å². The van der Waals surface area contributed by atoms with Crippen LogP contribution in [0.15, 0.2) is 17.1 Å². The van der Waals surface area contributed by atoms with E-state index in [4.69, 9.17) is 11.6 Å². The van der Waals surface area contributed by atoms with Crippen molar-refractivity contribution in [2.24, 2.45) is 4.99 Å². The maximum atomic E-state index is 12.3. The van der Waals surface area contributed by atoms with Crippen LogP contribution in [0.4, 0.5) is 13.2 Å². The fourth-order valence-corrected chi connectivity index (χ4v) is 2.32. The maximum absolute atomic E-state index is 12.3. The van der Waals surface area contributed by atoms with Gasteiger partial charge < -0.3 is 4.18 Å². The summed E-state index contributed by atoms with van der Waals surface area (Å²) >= 11 is 5.89. The van der Waals surface area contributed by atoms with Crippen molar-refractivity contribution in [2.45, 2.75) is 11.9 Å². The average Bonchev–Trinajstić information content (AvgIpc) is 2.32. The molecule has 2 rings (SSSR count). The van der Waals surface area contributed by atoms with E-state index in [0.29, 0.717) is 23.6 Å². The van der Waals surface area contributed by atoms with Gasteiger partial charge in [-0.2, -0.15) is 21.6 Å². The molecule has 0 bridgehead atoms. The van der Waals surface area contributed by atoms with Gasteiger partial charge in [-0.3, -0.25) is 4.99 Å². The first kappa shape index (κ1) is 14.1. The van der Waals surface area contributed by atoms with Crippen LogP contribution in [0.25, 0.3) is 0 Å². The molecule has 0 radical (unpaired) electrons. The molecule has 1 heterocycles. The lowest BCUT2D eigenvalue weighted by atomic mass is 10.0. The van der Waals surface area contributed by atoms with Gasteiger partial charge in [-0.25, -0.2) is 0 Å². The average molecular weight is 314 g/mol. The molecule has 0 fully saturated rings. The van der Waals surface area contributed by atoms with Crippen molar-refractivity contribution in [1.29, 1.82) is 0 Å². The third-order valence-electron chi connectivity index (χ3n) is 2.45. The normalized spacial score (nSPS) is 15.2. The summed E-state index contributed by atoms with van der Waals surface area (Å²) in [6.45, 7) is 0.433. The number of benzene rings is 1. The zero-order valence-corrected chi connectivity index (χ0v) is 10.8. The minimum absolute atomic E-state index is 0.159. The molecule has 0 aliphatic carbocycles. The van der Waals surface area contributed by atoms with E-state index in [2.05, 4.69) is 9.18 Å². The minimum atomic E-state index is -5.70. The lowest BCUT2D eigenvalue weighted by Crippen LogP contribution is -2.28. The predicted octanol–water partition coefficient (Wildman–Crippen LogP) is 2.54. The molecule has 0 saturated heterocycles. The van der Waals surface area contributed by atoms with E-state index in [1.807, 2.05) is 0 Å². The number of hydrogen-bond donors (Lipinski definition) is 0. The molecule has 9 heteroatoms. The Hall–Kier alpha value is -1.28. The van der Waals surface area contributed by atoms with Crippen molar-refractivity contribution in [3.8, 4) is 5.75 Å². The summed E-state index contributed by atoms with van der Waals surface area (Å²) in [6, 6.07) is 2.36. The van der Waals surface area contributed by atoms with Gasteiger partial charge >= 0.3 is 15.6 Å². The molecule has 1 aromatic carbocycles. The highest BCUT2D eigenvalue weighted by molar-refractivity contribution is 7.88. The summed E-state index contributed by atoms with van der Waals surface area (Å²) in [7, 11) is -5.70. The molecule has 1 aromatic rings. The van der Waals surface area contributed by atoms with Crippen molar-refractivity contribution in [3.63, 3.8) is 0 Å². The molecule has 19 heavy (non-hydrogen) atoms. The molecule has 0 aromatic heterocycles. The minimum Gasteiger partial charge on any atom is -0.375 e. The number of fused-ring (bicyclic) bond motifs is 1. The van der Waals surface area contributed by atoms with Gasteiger partial charge in [0.05, 0.1) is 0 Å². The third kappa shape index (κ3) is 2.69. The quantitative estimate of drug-likeness (QED) is 0.623. The summed E-state index contributed by atoms with van der Waals surface area (Å²) in [5.41, 5.74) is -4.80. The molecule has 0 N–H and O–H groups in total. The second-order valence-electron chi connectivity index (χ2n) is 3.71. The molecule has 1 aliphatic rings. The van der Waals surface area contributed by atoms with Crippen molar-refractivity contribution >= 4 is 27.9 Å². The number of halogens is 4. The molecular weight excluding hydrogens is 307 g/mol. The summed E-state index contributed by atoms with van der Waals surface area (Å²) in [5.74, 6) is -0.430. The van der Waals surface area contributed by atoms with Crippen LogP contribution in [0, 0.1) is 0 Å². The molecular formula is C10H7ClF3NO3S. The van der Waals surface area contributed by atoms with Crippen LogP contribution in [0.2, 0.25) is 5.02 Å². The van der Waals surface area contributed by atoms with Crippen LogP contribution in [0.3, 0.4) is 0 Å². The SMILES string of the molecule is O=S(=O)(Oc1ccc(Cl)c2c1C=NCC2)C(F)(F)F. The van der Waals surface area contributed by atoms with E-state index in [1.54, 1.807) is 0 Å². The van der Waals surface area contributed by atoms with Gasteiger partial charge in [0.15, 0.2) is 5.75 Å². The number of hydrogen-bond acceptors (Lipinski definition) is 4. The second kappa shape index (κ2) is 4.68. The first-order valence-electron chi connectivity index (χ1n) is 5.04.